The molecule has 4 nitrogen and oxygen atoms in total. The van der Waals surface area contributed by atoms with Gasteiger partial charge in [0, 0.05) is 12.0 Å². The van der Waals surface area contributed by atoms with Gasteiger partial charge in [-0.3, -0.25) is 9.63 Å². The largest absolute Gasteiger partial charge is 0.469 e. The predicted molar refractivity (Wildman–Crippen MR) is 76.4 cm³/mol. The summed E-state index contributed by atoms with van der Waals surface area (Å²) >= 11 is 0. The lowest BCUT2D eigenvalue weighted by atomic mass is 10.1. The Kier molecular flexibility index (Phi) is 4.96. The molecule has 0 fully saturated rings. The molecular weight excluding hydrogens is 254 g/mol. The Bertz CT molecular complexity index is 561. The van der Waals surface area contributed by atoms with E-state index in [1.807, 2.05) is 38.1 Å². The number of furan rings is 1. The summed E-state index contributed by atoms with van der Waals surface area (Å²) in [5.74, 6) is 0.709. The Morgan fingerprint density at radius 3 is 2.80 bits per heavy atom. The van der Waals surface area contributed by atoms with Crippen molar-refractivity contribution < 1.29 is 14.0 Å². The number of rotatable bonds is 6. The van der Waals surface area contributed by atoms with E-state index in [4.69, 9.17) is 9.25 Å². The van der Waals surface area contributed by atoms with Crippen LogP contribution >= 0.6 is 0 Å². The van der Waals surface area contributed by atoms with E-state index in [2.05, 4.69) is 5.48 Å². The quantitative estimate of drug-likeness (QED) is 0.649. The molecule has 0 atom stereocenters. The molecule has 0 aliphatic heterocycles. The number of aryl methyl sites for hydroxylation is 3. The van der Waals surface area contributed by atoms with Crippen molar-refractivity contribution in [3.05, 3.63) is 59.0 Å². The fourth-order valence-corrected chi connectivity index (χ4v) is 1.83. The maximum Gasteiger partial charge on any atom is 0.274 e. The SMILES string of the molecule is Cc1ccc(C(=O)NOCCCc2ccco2)cc1C. The third-order valence-electron chi connectivity index (χ3n) is 3.18. The zero-order valence-corrected chi connectivity index (χ0v) is 11.8. The molecule has 0 bridgehead atoms. The normalized spacial score (nSPS) is 10.5. The van der Waals surface area contributed by atoms with Gasteiger partial charge in [-0.05, 0) is 55.7 Å². The molecule has 20 heavy (non-hydrogen) atoms. The Hall–Kier alpha value is -2.07. The van der Waals surface area contributed by atoms with Crippen molar-refractivity contribution >= 4 is 5.91 Å². The minimum absolute atomic E-state index is 0.217. The highest BCUT2D eigenvalue weighted by Crippen LogP contribution is 2.09. The highest BCUT2D eigenvalue weighted by Gasteiger charge is 2.06. The van der Waals surface area contributed by atoms with Crippen LogP contribution in [0.5, 0.6) is 0 Å². The molecule has 1 aromatic heterocycles. The highest BCUT2D eigenvalue weighted by molar-refractivity contribution is 5.93. The summed E-state index contributed by atoms with van der Waals surface area (Å²) in [6, 6.07) is 9.37. The van der Waals surface area contributed by atoms with Crippen LogP contribution in [-0.4, -0.2) is 12.5 Å². The molecule has 2 rings (SSSR count). The van der Waals surface area contributed by atoms with Gasteiger partial charge in [-0.25, -0.2) is 5.48 Å². The van der Waals surface area contributed by atoms with Gasteiger partial charge in [0.25, 0.3) is 5.91 Å². The highest BCUT2D eigenvalue weighted by atomic mass is 16.6. The van der Waals surface area contributed by atoms with Crippen molar-refractivity contribution in [3.63, 3.8) is 0 Å². The topological polar surface area (TPSA) is 51.5 Å². The summed E-state index contributed by atoms with van der Waals surface area (Å²) in [5, 5.41) is 0. The third kappa shape index (κ3) is 3.96. The van der Waals surface area contributed by atoms with Gasteiger partial charge in [-0.15, -0.1) is 0 Å². The molecule has 0 radical (unpaired) electrons. The molecule has 0 aliphatic carbocycles. The van der Waals surface area contributed by atoms with Crippen molar-refractivity contribution in [2.24, 2.45) is 0 Å². The Morgan fingerprint density at radius 2 is 2.10 bits per heavy atom. The molecule has 0 unspecified atom stereocenters. The summed E-state index contributed by atoms with van der Waals surface area (Å²) in [4.78, 5) is 17.0. The van der Waals surface area contributed by atoms with E-state index in [-0.39, 0.29) is 5.91 Å². The van der Waals surface area contributed by atoms with Crippen molar-refractivity contribution in [3.8, 4) is 0 Å². The summed E-state index contributed by atoms with van der Waals surface area (Å²) in [6.45, 7) is 4.45. The summed E-state index contributed by atoms with van der Waals surface area (Å²) < 4.78 is 5.21. The minimum atomic E-state index is -0.217. The molecule has 1 aromatic carbocycles. The minimum Gasteiger partial charge on any atom is -0.469 e. The van der Waals surface area contributed by atoms with Gasteiger partial charge in [-0.1, -0.05) is 6.07 Å². The van der Waals surface area contributed by atoms with E-state index < -0.39 is 0 Å². The van der Waals surface area contributed by atoms with Gasteiger partial charge in [-0.2, -0.15) is 0 Å². The van der Waals surface area contributed by atoms with Gasteiger partial charge >= 0.3 is 0 Å². The van der Waals surface area contributed by atoms with Gasteiger partial charge in [0.2, 0.25) is 0 Å². The standard InChI is InChI=1S/C16H19NO3/c1-12-7-8-14(11-13(12)2)16(18)17-20-10-4-6-15-5-3-9-19-15/h3,5,7-9,11H,4,6,10H2,1-2H3,(H,17,18). The average Bonchev–Trinajstić information content (AvgIpc) is 2.94. The zero-order chi connectivity index (χ0) is 14.4. The van der Waals surface area contributed by atoms with Crippen LogP contribution in [0.1, 0.15) is 33.7 Å². The Balaban J connectivity index is 1.70. The van der Waals surface area contributed by atoms with Crippen molar-refractivity contribution in [2.45, 2.75) is 26.7 Å². The van der Waals surface area contributed by atoms with Crippen LogP contribution in [0, 0.1) is 13.8 Å². The Morgan fingerprint density at radius 1 is 1.25 bits per heavy atom. The molecule has 0 saturated heterocycles. The van der Waals surface area contributed by atoms with E-state index in [0.717, 1.165) is 24.2 Å². The summed E-state index contributed by atoms with van der Waals surface area (Å²) in [5.41, 5.74) is 5.33. The van der Waals surface area contributed by atoms with E-state index >= 15 is 0 Å². The fraction of sp³-hybridized carbons (Fsp3) is 0.312. The molecule has 0 saturated carbocycles. The monoisotopic (exact) mass is 273 g/mol. The van der Waals surface area contributed by atoms with Gasteiger partial charge in [0.15, 0.2) is 0 Å². The number of nitrogens with one attached hydrogen (secondary N) is 1. The van der Waals surface area contributed by atoms with Crippen LogP contribution in [0.4, 0.5) is 0 Å². The first-order valence-electron chi connectivity index (χ1n) is 6.68. The molecule has 106 valence electrons. The number of carbonyl (C=O) groups is 1. The Labute approximate surface area is 118 Å². The van der Waals surface area contributed by atoms with Crippen molar-refractivity contribution in [1.82, 2.24) is 5.48 Å². The molecule has 1 heterocycles. The average molecular weight is 273 g/mol. The molecule has 1 N–H and O–H groups in total. The lowest BCUT2D eigenvalue weighted by molar-refractivity contribution is 0.0301. The van der Waals surface area contributed by atoms with E-state index in [9.17, 15) is 4.79 Å². The second-order valence-corrected chi connectivity index (χ2v) is 4.76. The van der Waals surface area contributed by atoms with Gasteiger partial charge in [0.05, 0.1) is 12.9 Å². The second kappa shape index (κ2) is 6.91. The van der Waals surface area contributed by atoms with Crippen LogP contribution in [0.15, 0.2) is 41.0 Å². The molecule has 0 spiro atoms. The molecule has 4 heteroatoms. The maximum absolute atomic E-state index is 11.8. The van der Waals surface area contributed by atoms with Crippen LogP contribution < -0.4 is 5.48 Å². The number of hydrogen-bond donors (Lipinski definition) is 1. The lowest BCUT2D eigenvalue weighted by Gasteiger charge is -2.07. The molecule has 2 aromatic rings. The smallest absolute Gasteiger partial charge is 0.274 e. The van der Waals surface area contributed by atoms with Gasteiger partial charge < -0.3 is 4.42 Å². The maximum atomic E-state index is 11.8. The van der Waals surface area contributed by atoms with Crippen LogP contribution in [-0.2, 0) is 11.3 Å². The zero-order valence-electron chi connectivity index (χ0n) is 11.8. The van der Waals surface area contributed by atoms with E-state index in [0.29, 0.717) is 12.2 Å². The van der Waals surface area contributed by atoms with Crippen molar-refractivity contribution in [2.75, 3.05) is 6.61 Å². The molecular formula is C16H19NO3. The first-order valence-corrected chi connectivity index (χ1v) is 6.68. The lowest BCUT2D eigenvalue weighted by Crippen LogP contribution is -2.24. The number of amides is 1. The van der Waals surface area contributed by atoms with Crippen LogP contribution in [0.2, 0.25) is 0 Å². The number of hydrogen-bond acceptors (Lipinski definition) is 3. The van der Waals surface area contributed by atoms with Crippen LogP contribution in [0.25, 0.3) is 0 Å². The third-order valence-corrected chi connectivity index (χ3v) is 3.18. The summed E-state index contributed by atoms with van der Waals surface area (Å²) in [7, 11) is 0. The number of benzene rings is 1. The predicted octanol–water partition coefficient (Wildman–Crippen LogP) is 3.19. The van der Waals surface area contributed by atoms with Crippen molar-refractivity contribution in [1.29, 1.82) is 0 Å². The van der Waals surface area contributed by atoms with Crippen LogP contribution in [0.3, 0.4) is 0 Å². The fourth-order valence-electron chi connectivity index (χ4n) is 1.83. The van der Waals surface area contributed by atoms with Gasteiger partial charge in [0.1, 0.15) is 5.76 Å². The number of carbonyl (C=O) groups excluding carboxylic acids is 1. The summed E-state index contributed by atoms with van der Waals surface area (Å²) in [6.07, 6.45) is 3.24. The second-order valence-electron chi connectivity index (χ2n) is 4.76. The molecule has 1 amide bonds. The molecule has 0 aliphatic rings. The van der Waals surface area contributed by atoms with E-state index in [1.165, 1.54) is 5.56 Å². The first kappa shape index (κ1) is 14.3. The first-order chi connectivity index (χ1) is 9.66. The number of hydroxylamine groups is 1. The van der Waals surface area contributed by atoms with E-state index in [1.54, 1.807) is 12.3 Å².